The molecule has 0 aromatic heterocycles. The van der Waals surface area contributed by atoms with Gasteiger partial charge in [-0.05, 0) is 37.4 Å². The van der Waals surface area contributed by atoms with Gasteiger partial charge in [0.15, 0.2) is 16.3 Å². The van der Waals surface area contributed by atoms with E-state index < -0.39 is 5.97 Å². The van der Waals surface area contributed by atoms with Crippen molar-refractivity contribution in [2.75, 3.05) is 0 Å². The Bertz CT molecular complexity index is 356. The summed E-state index contributed by atoms with van der Waals surface area (Å²) in [4.78, 5) is 11.4. The Labute approximate surface area is 107 Å². The van der Waals surface area contributed by atoms with Crippen molar-refractivity contribution in [3.63, 3.8) is 0 Å². The van der Waals surface area contributed by atoms with Gasteiger partial charge in [-0.3, -0.25) is 0 Å². The largest absolute Gasteiger partial charge is 0.380 e. The van der Waals surface area contributed by atoms with Crippen molar-refractivity contribution in [1.29, 1.82) is 0 Å². The Morgan fingerprint density at radius 1 is 1.14 bits per heavy atom. The second-order valence-corrected chi connectivity index (χ2v) is 5.34. The minimum Gasteiger partial charge on any atom is -0.380 e. The van der Waals surface area contributed by atoms with Crippen LogP contribution < -0.4 is 0 Å². The molecule has 0 heterocycles. The van der Waals surface area contributed by atoms with Crippen LogP contribution in [0.3, 0.4) is 0 Å². The van der Waals surface area contributed by atoms with Gasteiger partial charge in [0.1, 0.15) is 0 Å². The van der Waals surface area contributed by atoms with Gasteiger partial charge in [-0.15, -0.1) is 0 Å². The van der Waals surface area contributed by atoms with Crippen molar-refractivity contribution < 1.29 is 8.62 Å². The van der Waals surface area contributed by atoms with Crippen LogP contribution in [-0.2, 0) is 8.62 Å². The van der Waals surface area contributed by atoms with E-state index in [9.17, 15) is 4.79 Å². The summed E-state index contributed by atoms with van der Waals surface area (Å²) in [5.41, 5.74) is 1.21. The van der Waals surface area contributed by atoms with Crippen LogP contribution in [0.25, 0.3) is 5.57 Å². The SMILES string of the molecule is O=C(OBr)C(=C(Br)Br)c1ccccc1. The highest BCUT2D eigenvalue weighted by atomic mass is 79.9. The summed E-state index contributed by atoms with van der Waals surface area (Å²) in [6.07, 6.45) is 0. The zero-order chi connectivity index (χ0) is 10.6. The lowest BCUT2D eigenvalue weighted by molar-refractivity contribution is -0.126. The Morgan fingerprint density at radius 2 is 1.71 bits per heavy atom. The topological polar surface area (TPSA) is 26.3 Å². The predicted octanol–water partition coefficient (Wildman–Crippen LogP) is 4.00. The molecule has 0 aliphatic heterocycles. The van der Waals surface area contributed by atoms with Gasteiger partial charge in [-0.25, -0.2) is 4.79 Å². The van der Waals surface area contributed by atoms with Gasteiger partial charge in [0.2, 0.25) is 0 Å². The lowest BCUT2D eigenvalue weighted by Crippen LogP contribution is -2.01. The Kier molecular flexibility index (Phi) is 4.84. The van der Waals surface area contributed by atoms with Gasteiger partial charge in [0.05, 0.1) is 8.96 Å². The molecule has 0 fully saturated rings. The molecule has 0 aliphatic carbocycles. The van der Waals surface area contributed by atoms with Crippen LogP contribution in [0.1, 0.15) is 5.56 Å². The van der Waals surface area contributed by atoms with E-state index in [1.807, 2.05) is 30.3 Å². The zero-order valence-electron chi connectivity index (χ0n) is 6.84. The molecule has 1 rings (SSSR count). The summed E-state index contributed by atoms with van der Waals surface area (Å²) >= 11 is 9.04. The fourth-order valence-corrected chi connectivity index (χ4v) is 1.89. The summed E-state index contributed by atoms with van der Waals surface area (Å²) in [6.45, 7) is 0. The summed E-state index contributed by atoms with van der Waals surface area (Å²) in [5.74, 6) is -0.458. The molecule has 74 valence electrons. The van der Waals surface area contributed by atoms with Crippen LogP contribution in [0.2, 0.25) is 0 Å². The second kappa shape index (κ2) is 5.68. The molecule has 0 radical (unpaired) electrons. The van der Waals surface area contributed by atoms with E-state index in [0.29, 0.717) is 8.96 Å². The van der Waals surface area contributed by atoms with E-state index in [0.717, 1.165) is 5.56 Å². The van der Waals surface area contributed by atoms with Crippen molar-refractivity contribution in [2.24, 2.45) is 0 Å². The van der Waals surface area contributed by atoms with Crippen molar-refractivity contribution in [3.05, 3.63) is 39.3 Å². The molecule has 2 nitrogen and oxygen atoms in total. The number of hydrogen-bond donors (Lipinski definition) is 0. The van der Waals surface area contributed by atoms with Crippen molar-refractivity contribution in [1.82, 2.24) is 0 Å². The fourth-order valence-electron chi connectivity index (χ4n) is 0.948. The molecule has 0 atom stereocenters. The average molecular weight is 385 g/mol. The normalized spacial score (nSPS) is 9.36. The maximum atomic E-state index is 11.4. The standard InChI is InChI=1S/C9H5Br3O2/c10-8(11)7(9(13)14-12)6-4-2-1-3-5-6/h1-5H. The molecule has 5 heteroatoms. The van der Waals surface area contributed by atoms with E-state index in [-0.39, 0.29) is 0 Å². The Hall–Kier alpha value is -0.130. The van der Waals surface area contributed by atoms with Crippen LogP contribution in [0.5, 0.6) is 0 Å². The lowest BCUT2D eigenvalue weighted by Gasteiger charge is -2.04. The Morgan fingerprint density at radius 3 is 2.14 bits per heavy atom. The smallest absolute Gasteiger partial charge is 0.351 e. The highest BCUT2D eigenvalue weighted by molar-refractivity contribution is 9.28. The number of rotatable bonds is 2. The van der Waals surface area contributed by atoms with Crippen molar-refractivity contribution in [2.45, 2.75) is 0 Å². The first-order chi connectivity index (χ1) is 6.66. The highest BCUT2D eigenvalue weighted by Crippen LogP contribution is 2.28. The van der Waals surface area contributed by atoms with E-state index in [4.69, 9.17) is 0 Å². The maximum Gasteiger partial charge on any atom is 0.351 e. The van der Waals surface area contributed by atoms with Crippen LogP contribution in [0.4, 0.5) is 0 Å². The Balaban J connectivity index is 3.16. The molecule has 0 aliphatic rings. The predicted molar refractivity (Wildman–Crippen MR) is 66.2 cm³/mol. The highest BCUT2D eigenvalue weighted by Gasteiger charge is 2.15. The van der Waals surface area contributed by atoms with Gasteiger partial charge < -0.3 is 3.83 Å². The molecule has 0 spiro atoms. The van der Waals surface area contributed by atoms with Gasteiger partial charge in [0, 0.05) is 0 Å². The molecule has 0 unspecified atom stereocenters. The van der Waals surface area contributed by atoms with Gasteiger partial charge in [-0.2, -0.15) is 0 Å². The number of benzene rings is 1. The summed E-state index contributed by atoms with van der Waals surface area (Å²) in [6, 6.07) is 9.21. The van der Waals surface area contributed by atoms with Crippen molar-refractivity contribution in [3.8, 4) is 0 Å². The average Bonchev–Trinajstić information content (AvgIpc) is 2.19. The van der Waals surface area contributed by atoms with Gasteiger partial charge >= 0.3 is 5.97 Å². The first-order valence-corrected chi connectivity index (χ1v) is 5.83. The molecule has 0 bridgehead atoms. The molecular formula is C9H5Br3O2. The monoisotopic (exact) mass is 382 g/mol. The number of hydrogen-bond acceptors (Lipinski definition) is 2. The zero-order valence-corrected chi connectivity index (χ0v) is 11.6. The molecular weight excluding hydrogens is 380 g/mol. The fraction of sp³-hybridized carbons (Fsp3) is 0. The number of halogens is 3. The lowest BCUT2D eigenvalue weighted by atomic mass is 10.1. The molecule has 0 saturated carbocycles. The van der Waals surface area contributed by atoms with Crippen LogP contribution in [0.15, 0.2) is 33.7 Å². The second-order valence-electron chi connectivity index (χ2n) is 2.37. The number of carbonyl (C=O) groups is 1. The maximum absolute atomic E-state index is 11.4. The third-order valence-corrected chi connectivity index (χ3v) is 2.61. The van der Waals surface area contributed by atoms with E-state index in [1.54, 1.807) is 0 Å². The van der Waals surface area contributed by atoms with Crippen LogP contribution in [0, 0.1) is 0 Å². The minimum absolute atomic E-state index is 0.433. The van der Waals surface area contributed by atoms with Gasteiger partial charge in [-0.1, -0.05) is 30.3 Å². The van der Waals surface area contributed by atoms with E-state index in [2.05, 4.69) is 51.9 Å². The molecule has 1 aromatic rings. The summed E-state index contributed by atoms with van der Waals surface area (Å²) in [7, 11) is 0. The first-order valence-electron chi connectivity index (χ1n) is 3.60. The quantitative estimate of drug-likeness (QED) is 0.720. The third kappa shape index (κ3) is 2.93. The van der Waals surface area contributed by atoms with Gasteiger partial charge in [0.25, 0.3) is 0 Å². The van der Waals surface area contributed by atoms with Crippen LogP contribution >= 0.6 is 48.1 Å². The molecule has 1 aromatic carbocycles. The van der Waals surface area contributed by atoms with E-state index in [1.165, 1.54) is 0 Å². The first kappa shape index (κ1) is 11.9. The summed E-state index contributed by atoms with van der Waals surface area (Å²) in [5, 5.41) is 0. The molecule has 0 saturated heterocycles. The minimum atomic E-state index is -0.458. The van der Waals surface area contributed by atoms with E-state index >= 15 is 0 Å². The summed E-state index contributed by atoms with van der Waals surface area (Å²) < 4.78 is 5.04. The molecule has 0 amide bonds. The van der Waals surface area contributed by atoms with Crippen LogP contribution in [-0.4, -0.2) is 5.97 Å². The third-order valence-electron chi connectivity index (χ3n) is 1.53. The molecule has 14 heavy (non-hydrogen) atoms. The number of carbonyl (C=O) groups excluding carboxylic acids is 1. The molecule has 0 N–H and O–H groups in total. The van der Waals surface area contributed by atoms with Crippen molar-refractivity contribution >= 4 is 59.7 Å².